The fourth-order valence-corrected chi connectivity index (χ4v) is 2.02. The van der Waals surface area contributed by atoms with Crippen LogP contribution in [0.25, 0.3) is 0 Å². The van der Waals surface area contributed by atoms with Crippen molar-refractivity contribution in [1.29, 1.82) is 0 Å². The highest BCUT2D eigenvalue weighted by molar-refractivity contribution is 9.10. The second kappa shape index (κ2) is 6.33. The van der Waals surface area contributed by atoms with Crippen LogP contribution in [0.3, 0.4) is 0 Å². The Hall–Kier alpha value is -0.450. The van der Waals surface area contributed by atoms with E-state index in [0.717, 1.165) is 6.42 Å². The Morgan fingerprint density at radius 1 is 1.44 bits per heavy atom. The van der Waals surface area contributed by atoms with Crippen molar-refractivity contribution in [3.8, 4) is 0 Å². The monoisotopic (exact) mass is 290 g/mol. The van der Waals surface area contributed by atoms with Crippen LogP contribution in [0.15, 0.2) is 22.7 Å². The van der Waals surface area contributed by atoms with Crippen molar-refractivity contribution in [3.63, 3.8) is 0 Å². The smallest absolute Gasteiger partial charge is 0.124 e. The van der Waals surface area contributed by atoms with Gasteiger partial charge in [0, 0.05) is 18.2 Å². The van der Waals surface area contributed by atoms with Gasteiger partial charge in [0.1, 0.15) is 5.82 Å². The lowest BCUT2D eigenvalue weighted by Crippen LogP contribution is -2.11. The van der Waals surface area contributed by atoms with Crippen molar-refractivity contribution >= 4 is 15.9 Å². The van der Waals surface area contributed by atoms with Crippen molar-refractivity contribution in [2.75, 3.05) is 13.7 Å². The maximum Gasteiger partial charge on any atom is 0.124 e. The SMILES string of the molecule is COCCC(C)C(O)c1cc(F)cc(Br)c1. The van der Waals surface area contributed by atoms with E-state index in [1.54, 1.807) is 13.2 Å². The van der Waals surface area contributed by atoms with Gasteiger partial charge in [0.25, 0.3) is 0 Å². The van der Waals surface area contributed by atoms with E-state index in [2.05, 4.69) is 15.9 Å². The van der Waals surface area contributed by atoms with E-state index in [4.69, 9.17) is 4.74 Å². The summed E-state index contributed by atoms with van der Waals surface area (Å²) >= 11 is 3.21. The van der Waals surface area contributed by atoms with Crippen LogP contribution >= 0.6 is 15.9 Å². The molecule has 0 aliphatic rings. The number of hydrogen-bond donors (Lipinski definition) is 1. The third-order valence-corrected chi connectivity index (χ3v) is 3.00. The molecule has 0 aliphatic carbocycles. The zero-order chi connectivity index (χ0) is 12.1. The normalized spacial score (nSPS) is 14.8. The Kier molecular flexibility index (Phi) is 5.38. The lowest BCUT2D eigenvalue weighted by atomic mass is 9.95. The van der Waals surface area contributed by atoms with Crippen LogP contribution in [-0.4, -0.2) is 18.8 Å². The maximum atomic E-state index is 13.1. The van der Waals surface area contributed by atoms with Gasteiger partial charge < -0.3 is 9.84 Å². The minimum atomic E-state index is -0.665. The second-order valence-corrected chi connectivity index (χ2v) is 4.82. The second-order valence-electron chi connectivity index (χ2n) is 3.91. The molecule has 1 N–H and O–H groups in total. The van der Waals surface area contributed by atoms with E-state index in [9.17, 15) is 9.50 Å². The molecule has 0 fully saturated rings. The number of hydrogen-bond acceptors (Lipinski definition) is 2. The van der Waals surface area contributed by atoms with E-state index in [0.29, 0.717) is 16.6 Å². The van der Waals surface area contributed by atoms with Gasteiger partial charge in [0.15, 0.2) is 0 Å². The fraction of sp³-hybridized carbons (Fsp3) is 0.500. The largest absolute Gasteiger partial charge is 0.388 e. The molecule has 1 rings (SSSR count). The molecule has 0 saturated carbocycles. The number of methoxy groups -OCH3 is 1. The molecule has 1 aromatic carbocycles. The summed E-state index contributed by atoms with van der Waals surface area (Å²) in [5, 5.41) is 10.0. The molecule has 0 heterocycles. The molecule has 0 saturated heterocycles. The number of aliphatic hydroxyl groups excluding tert-OH is 1. The summed E-state index contributed by atoms with van der Waals surface area (Å²) in [4.78, 5) is 0. The first-order valence-electron chi connectivity index (χ1n) is 5.17. The van der Waals surface area contributed by atoms with Gasteiger partial charge >= 0.3 is 0 Å². The predicted octanol–water partition coefficient (Wildman–Crippen LogP) is 3.29. The summed E-state index contributed by atoms with van der Waals surface area (Å²) < 4.78 is 18.7. The molecule has 0 aliphatic heterocycles. The molecule has 0 aromatic heterocycles. The zero-order valence-electron chi connectivity index (χ0n) is 9.41. The van der Waals surface area contributed by atoms with E-state index in [-0.39, 0.29) is 11.7 Å². The Labute approximate surface area is 104 Å². The molecule has 1 aromatic rings. The van der Waals surface area contributed by atoms with Crippen LogP contribution < -0.4 is 0 Å². The number of rotatable bonds is 5. The third-order valence-electron chi connectivity index (χ3n) is 2.54. The molecule has 0 bridgehead atoms. The molecule has 90 valence electrons. The molecule has 0 amide bonds. The van der Waals surface area contributed by atoms with Gasteiger partial charge in [-0.15, -0.1) is 0 Å². The van der Waals surface area contributed by atoms with Gasteiger partial charge in [-0.3, -0.25) is 0 Å². The lowest BCUT2D eigenvalue weighted by molar-refractivity contribution is 0.0883. The van der Waals surface area contributed by atoms with Crippen molar-refractivity contribution < 1.29 is 14.2 Å². The molecule has 0 spiro atoms. The standard InChI is InChI=1S/C12H16BrFO2/c1-8(3-4-16-2)12(15)9-5-10(13)7-11(14)6-9/h5-8,12,15H,3-4H2,1-2H3. The minimum absolute atomic E-state index is 0.0358. The summed E-state index contributed by atoms with van der Waals surface area (Å²) in [7, 11) is 1.62. The van der Waals surface area contributed by atoms with Gasteiger partial charge in [-0.2, -0.15) is 0 Å². The average Bonchev–Trinajstić information content (AvgIpc) is 2.23. The Morgan fingerprint density at radius 2 is 2.12 bits per heavy atom. The van der Waals surface area contributed by atoms with Crippen LogP contribution in [-0.2, 0) is 4.74 Å². The highest BCUT2D eigenvalue weighted by Crippen LogP contribution is 2.27. The number of halogens is 2. The third kappa shape index (κ3) is 3.85. The molecule has 2 unspecified atom stereocenters. The van der Waals surface area contributed by atoms with Crippen molar-refractivity contribution in [2.24, 2.45) is 5.92 Å². The summed E-state index contributed by atoms with van der Waals surface area (Å²) in [5.41, 5.74) is 0.593. The number of aliphatic hydroxyl groups is 1. The lowest BCUT2D eigenvalue weighted by Gasteiger charge is -2.19. The quantitative estimate of drug-likeness (QED) is 0.902. The number of ether oxygens (including phenoxy) is 1. The summed E-state index contributed by atoms with van der Waals surface area (Å²) in [5.74, 6) is -0.309. The molecule has 4 heteroatoms. The average molecular weight is 291 g/mol. The first-order valence-corrected chi connectivity index (χ1v) is 5.97. The molecule has 0 radical (unpaired) electrons. The van der Waals surface area contributed by atoms with Crippen LogP contribution in [0.4, 0.5) is 4.39 Å². The summed E-state index contributed by atoms with van der Waals surface area (Å²) in [6.07, 6.45) is 0.0772. The summed E-state index contributed by atoms with van der Waals surface area (Å²) in [6.45, 7) is 2.51. The highest BCUT2D eigenvalue weighted by Gasteiger charge is 2.17. The summed E-state index contributed by atoms with van der Waals surface area (Å²) in [6, 6.07) is 4.46. The minimum Gasteiger partial charge on any atom is -0.388 e. The van der Waals surface area contributed by atoms with E-state index in [1.807, 2.05) is 6.92 Å². The highest BCUT2D eigenvalue weighted by atomic mass is 79.9. The van der Waals surface area contributed by atoms with E-state index >= 15 is 0 Å². The van der Waals surface area contributed by atoms with Gasteiger partial charge in [-0.05, 0) is 36.1 Å². The van der Waals surface area contributed by atoms with Crippen LogP contribution in [0.5, 0.6) is 0 Å². The van der Waals surface area contributed by atoms with Crippen molar-refractivity contribution in [3.05, 3.63) is 34.1 Å². The van der Waals surface area contributed by atoms with E-state index < -0.39 is 6.10 Å². The van der Waals surface area contributed by atoms with Gasteiger partial charge in [-0.25, -0.2) is 4.39 Å². The maximum absolute atomic E-state index is 13.1. The molecular weight excluding hydrogens is 275 g/mol. The van der Waals surface area contributed by atoms with E-state index in [1.165, 1.54) is 12.1 Å². The zero-order valence-corrected chi connectivity index (χ0v) is 11.0. The van der Waals surface area contributed by atoms with Crippen molar-refractivity contribution in [2.45, 2.75) is 19.4 Å². The van der Waals surface area contributed by atoms with Crippen LogP contribution in [0.1, 0.15) is 25.0 Å². The molecule has 2 nitrogen and oxygen atoms in total. The first kappa shape index (κ1) is 13.6. The first-order chi connectivity index (χ1) is 7.54. The number of benzene rings is 1. The molecule has 2 atom stereocenters. The van der Waals surface area contributed by atoms with Crippen LogP contribution in [0, 0.1) is 11.7 Å². The Bertz CT molecular complexity index is 324. The molecular formula is C12H16BrFO2. The molecule has 16 heavy (non-hydrogen) atoms. The van der Waals surface area contributed by atoms with Gasteiger partial charge in [0.2, 0.25) is 0 Å². The van der Waals surface area contributed by atoms with Gasteiger partial charge in [0.05, 0.1) is 6.10 Å². The Balaban J connectivity index is 2.74. The predicted molar refractivity (Wildman–Crippen MR) is 64.7 cm³/mol. The van der Waals surface area contributed by atoms with Crippen molar-refractivity contribution in [1.82, 2.24) is 0 Å². The van der Waals surface area contributed by atoms with Gasteiger partial charge in [-0.1, -0.05) is 22.9 Å². The fourth-order valence-electron chi connectivity index (χ4n) is 1.54. The van der Waals surface area contributed by atoms with Crippen LogP contribution in [0.2, 0.25) is 0 Å². The topological polar surface area (TPSA) is 29.5 Å². The Morgan fingerprint density at radius 3 is 2.69 bits per heavy atom.